The van der Waals surface area contributed by atoms with Gasteiger partial charge in [-0.3, -0.25) is 0 Å². The number of aromatic hydroxyl groups is 2. The smallest absolute Gasteiger partial charge is 0.411 e. The van der Waals surface area contributed by atoms with Gasteiger partial charge in [-0.2, -0.15) is 26.3 Å². The Hall–Kier alpha value is -2.78. The first-order valence-corrected chi connectivity index (χ1v) is 7.28. The topological polar surface area (TPSA) is 58.9 Å². The van der Waals surface area contributed by atoms with Crippen molar-refractivity contribution in [3.8, 4) is 23.0 Å². The van der Waals surface area contributed by atoms with Gasteiger partial charge in [-0.1, -0.05) is 12.1 Å². The van der Waals surface area contributed by atoms with Crippen LogP contribution in [0.3, 0.4) is 0 Å². The molecule has 0 aliphatic rings. The van der Waals surface area contributed by atoms with E-state index in [1.54, 1.807) is 0 Å². The molecule has 0 radical (unpaired) electrons. The number of benzene rings is 2. The standard InChI is InChI=1S/C17H14F6O4/c1-26-13-7-9(3-5-11(13)24)15(16(18,19)20,17(21,22)23)10-4-6-12(25)14(8-10)27-2/h3-8,24-25H,1-2H3. The zero-order valence-corrected chi connectivity index (χ0v) is 13.9. The van der Waals surface area contributed by atoms with Crippen molar-refractivity contribution in [3.63, 3.8) is 0 Å². The fourth-order valence-electron chi connectivity index (χ4n) is 2.80. The van der Waals surface area contributed by atoms with Gasteiger partial charge in [-0.05, 0) is 35.4 Å². The van der Waals surface area contributed by atoms with Gasteiger partial charge in [0.1, 0.15) is 0 Å². The van der Waals surface area contributed by atoms with Gasteiger partial charge < -0.3 is 19.7 Å². The average molecular weight is 396 g/mol. The van der Waals surface area contributed by atoms with Gasteiger partial charge in [0.15, 0.2) is 23.0 Å². The van der Waals surface area contributed by atoms with Crippen LogP contribution in [0.1, 0.15) is 11.1 Å². The van der Waals surface area contributed by atoms with Gasteiger partial charge in [0.25, 0.3) is 0 Å². The third kappa shape index (κ3) is 3.19. The van der Waals surface area contributed by atoms with Crippen LogP contribution < -0.4 is 9.47 Å². The fraction of sp³-hybridized carbons (Fsp3) is 0.294. The lowest BCUT2D eigenvalue weighted by molar-refractivity contribution is -0.288. The second kappa shape index (κ2) is 6.75. The normalized spacial score (nSPS) is 12.7. The molecule has 10 heteroatoms. The van der Waals surface area contributed by atoms with Gasteiger partial charge in [0.2, 0.25) is 5.41 Å². The summed E-state index contributed by atoms with van der Waals surface area (Å²) in [6.45, 7) is 0. The van der Waals surface area contributed by atoms with Crippen molar-refractivity contribution >= 4 is 0 Å². The summed E-state index contributed by atoms with van der Waals surface area (Å²) in [4.78, 5) is 0. The number of phenolic OH excluding ortho intramolecular Hbond substituents is 2. The minimum Gasteiger partial charge on any atom is -0.504 e. The Morgan fingerprint density at radius 3 is 1.26 bits per heavy atom. The summed E-state index contributed by atoms with van der Waals surface area (Å²) < 4.78 is 93.2. The fourth-order valence-corrected chi connectivity index (χ4v) is 2.80. The van der Waals surface area contributed by atoms with E-state index in [0.717, 1.165) is 14.2 Å². The Labute approximate surface area is 149 Å². The summed E-state index contributed by atoms with van der Waals surface area (Å²) >= 11 is 0. The highest BCUT2D eigenvalue weighted by Gasteiger charge is 2.72. The lowest BCUT2D eigenvalue weighted by atomic mass is 9.72. The Kier molecular flexibility index (Phi) is 5.13. The number of alkyl halides is 6. The van der Waals surface area contributed by atoms with Crippen LogP contribution in [0.15, 0.2) is 36.4 Å². The summed E-state index contributed by atoms with van der Waals surface area (Å²) in [6, 6.07) is 3.32. The van der Waals surface area contributed by atoms with Gasteiger partial charge >= 0.3 is 12.4 Å². The maximum Gasteiger partial charge on any atom is 0.411 e. The highest BCUT2D eigenvalue weighted by Crippen LogP contribution is 2.57. The highest BCUT2D eigenvalue weighted by atomic mass is 19.4. The van der Waals surface area contributed by atoms with Crippen LogP contribution in [0.25, 0.3) is 0 Å². The van der Waals surface area contributed by atoms with Crippen molar-refractivity contribution in [2.24, 2.45) is 0 Å². The minimum absolute atomic E-state index is 0.468. The largest absolute Gasteiger partial charge is 0.504 e. The van der Waals surface area contributed by atoms with Crippen LogP contribution in [-0.4, -0.2) is 36.8 Å². The summed E-state index contributed by atoms with van der Waals surface area (Å²) in [5.41, 5.74) is -6.89. The molecule has 2 aromatic carbocycles. The van der Waals surface area contributed by atoms with Crippen molar-refractivity contribution in [1.82, 2.24) is 0 Å². The van der Waals surface area contributed by atoms with E-state index in [1.165, 1.54) is 0 Å². The number of phenols is 2. The molecule has 0 saturated heterocycles. The van der Waals surface area contributed by atoms with Crippen LogP contribution in [0.4, 0.5) is 26.3 Å². The van der Waals surface area contributed by atoms with Crippen molar-refractivity contribution in [2.45, 2.75) is 17.8 Å². The van der Waals surface area contributed by atoms with Crippen LogP contribution in [0.5, 0.6) is 23.0 Å². The monoisotopic (exact) mass is 396 g/mol. The number of rotatable bonds is 4. The van der Waals surface area contributed by atoms with E-state index in [0.29, 0.717) is 36.4 Å². The predicted octanol–water partition coefficient (Wildman–Crippen LogP) is 4.53. The molecule has 0 bridgehead atoms. The van der Waals surface area contributed by atoms with Crippen LogP contribution >= 0.6 is 0 Å². The van der Waals surface area contributed by atoms with Crippen molar-refractivity contribution in [1.29, 1.82) is 0 Å². The van der Waals surface area contributed by atoms with E-state index in [2.05, 4.69) is 9.47 Å². The van der Waals surface area contributed by atoms with Crippen molar-refractivity contribution in [3.05, 3.63) is 47.5 Å². The van der Waals surface area contributed by atoms with E-state index in [-0.39, 0.29) is 0 Å². The Morgan fingerprint density at radius 1 is 0.667 bits per heavy atom. The zero-order valence-electron chi connectivity index (χ0n) is 13.9. The number of halogens is 6. The number of hydrogen-bond donors (Lipinski definition) is 2. The van der Waals surface area contributed by atoms with E-state index in [1.807, 2.05) is 0 Å². The summed E-state index contributed by atoms with van der Waals surface area (Å²) in [5.74, 6) is -2.36. The predicted molar refractivity (Wildman–Crippen MR) is 82.2 cm³/mol. The molecule has 0 saturated carbocycles. The van der Waals surface area contributed by atoms with Gasteiger partial charge in [-0.15, -0.1) is 0 Å². The second-order valence-corrected chi connectivity index (χ2v) is 5.52. The van der Waals surface area contributed by atoms with Crippen LogP contribution in [0.2, 0.25) is 0 Å². The molecule has 0 aliphatic carbocycles. The number of methoxy groups -OCH3 is 2. The molecule has 2 aromatic rings. The average Bonchev–Trinajstić information content (AvgIpc) is 2.55. The van der Waals surface area contributed by atoms with Crippen molar-refractivity contribution in [2.75, 3.05) is 14.2 Å². The quantitative estimate of drug-likeness (QED) is 0.746. The summed E-state index contributed by atoms with van der Waals surface area (Å²) in [5, 5.41) is 19.1. The molecule has 0 heterocycles. The molecule has 0 spiro atoms. The van der Waals surface area contributed by atoms with Gasteiger partial charge in [0.05, 0.1) is 14.2 Å². The molecule has 148 valence electrons. The third-order valence-corrected chi connectivity index (χ3v) is 4.08. The molecule has 2 rings (SSSR count). The van der Waals surface area contributed by atoms with Crippen LogP contribution in [-0.2, 0) is 5.41 Å². The molecule has 4 nitrogen and oxygen atoms in total. The lowest BCUT2D eigenvalue weighted by Gasteiger charge is -2.38. The van der Waals surface area contributed by atoms with E-state index >= 15 is 0 Å². The second-order valence-electron chi connectivity index (χ2n) is 5.52. The molecule has 0 unspecified atom stereocenters. The molecule has 0 aliphatic heterocycles. The van der Waals surface area contributed by atoms with E-state index in [4.69, 9.17) is 0 Å². The molecule has 2 N–H and O–H groups in total. The summed E-state index contributed by atoms with van der Waals surface area (Å²) in [7, 11) is 1.98. The first-order chi connectivity index (χ1) is 12.4. The molecular formula is C17H14F6O4. The van der Waals surface area contributed by atoms with Gasteiger partial charge in [0, 0.05) is 0 Å². The molecule has 0 aromatic heterocycles. The number of hydrogen-bond acceptors (Lipinski definition) is 4. The summed E-state index contributed by atoms with van der Waals surface area (Å²) in [6.07, 6.45) is -11.6. The van der Waals surface area contributed by atoms with Crippen molar-refractivity contribution < 1.29 is 46.0 Å². The van der Waals surface area contributed by atoms with E-state index < -0.39 is 51.9 Å². The zero-order chi connectivity index (χ0) is 20.6. The lowest BCUT2D eigenvalue weighted by Crippen LogP contribution is -2.54. The first kappa shape index (κ1) is 20.5. The maximum absolute atomic E-state index is 14.0. The SMILES string of the molecule is COc1cc(C(c2ccc(O)c(OC)c2)(C(F)(F)F)C(F)(F)F)ccc1O. The van der Waals surface area contributed by atoms with Gasteiger partial charge in [-0.25, -0.2) is 0 Å². The molecular weight excluding hydrogens is 382 g/mol. The third-order valence-electron chi connectivity index (χ3n) is 4.08. The molecule has 0 fully saturated rings. The Balaban J connectivity index is 2.96. The maximum atomic E-state index is 14.0. The Morgan fingerprint density at radius 2 is 1.00 bits per heavy atom. The molecule has 0 atom stereocenters. The van der Waals surface area contributed by atoms with Crippen LogP contribution in [0, 0.1) is 0 Å². The molecule has 0 amide bonds. The molecule has 27 heavy (non-hydrogen) atoms. The minimum atomic E-state index is -5.82. The van der Waals surface area contributed by atoms with E-state index in [9.17, 15) is 36.6 Å². The highest BCUT2D eigenvalue weighted by molar-refractivity contribution is 5.54. The number of ether oxygens (including phenoxy) is 2. The first-order valence-electron chi connectivity index (χ1n) is 7.28. The Bertz CT molecular complexity index is 760.